The van der Waals surface area contributed by atoms with E-state index in [9.17, 15) is 0 Å². The van der Waals surface area contributed by atoms with Crippen molar-refractivity contribution < 1.29 is 0 Å². The number of allylic oxidation sites excluding steroid dienone is 6. The first-order valence-corrected chi connectivity index (χ1v) is 11.9. The van der Waals surface area contributed by atoms with Crippen molar-refractivity contribution in [3.8, 4) is 0 Å². The normalized spacial score (nSPS) is 13.5. The molecule has 1 nitrogen and oxygen atoms in total. The molecule has 0 radical (unpaired) electrons. The summed E-state index contributed by atoms with van der Waals surface area (Å²) in [6.07, 6.45) is 4.88. The van der Waals surface area contributed by atoms with E-state index in [1.807, 2.05) is 34.6 Å². The lowest BCUT2D eigenvalue weighted by atomic mass is 9.94. The lowest BCUT2D eigenvalue weighted by Gasteiger charge is -2.13. The van der Waals surface area contributed by atoms with Gasteiger partial charge in [0, 0.05) is 11.6 Å². The van der Waals surface area contributed by atoms with Crippen molar-refractivity contribution in [2.24, 2.45) is 5.73 Å². The number of benzene rings is 1. The van der Waals surface area contributed by atoms with Gasteiger partial charge in [-0.25, -0.2) is 0 Å². The molecule has 1 unspecified atom stereocenters. The van der Waals surface area contributed by atoms with Crippen molar-refractivity contribution in [2.45, 2.75) is 80.6 Å². The second-order valence-electron chi connectivity index (χ2n) is 7.59. The summed E-state index contributed by atoms with van der Waals surface area (Å²) in [4.78, 5) is 0. The molecule has 33 heavy (non-hydrogen) atoms. The lowest BCUT2D eigenvalue weighted by molar-refractivity contribution is 0.928. The fraction of sp³-hybridized carbons (Fsp3) is 0.375. The van der Waals surface area contributed by atoms with Crippen molar-refractivity contribution in [1.82, 2.24) is 0 Å². The van der Waals surface area contributed by atoms with E-state index in [1.54, 1.807) is 6.08 Å². The highest BCUT2D eigenvalue weighted by Crippen LogP contribution is 2.36. The molecule has 1 aromatic rings. The van der Waals surface area contributed by atoms with Crippen LogP contribution in [0.1, 0.15) is 84.4 Å². The molecule has 0 heterocycles. The minimum atomic E-state index is 0.571. The highest BCUT2D eigenvalue weighted by atomic mass is 14.6. The maximum Gasteiger partial charge on any atom is 0.0273 e. The van der Waals surface area contributed by atoms with Gasteiger partial charge in [0.25, 0.3) is 0 Å². The highest BCUT2D eigenvalue weighted by Gasteiger charge is 2.21. The standard InChI is InChI=1S/C13H16.C12H19N.C3H6.C2H6.C2H4/c1-4-11-5-6-12-7-9(2)10(3)13(12)8-11;1-7-12(9(4)8(2)3)10(5)11(6)13;1-3-2;2*1-2/h5-6,8,10H,2,4,7H2,1,3H3;2,4,6-7,13H2,1,3,5H3;3H,1H2,2H3;1-2H3;1-2H2/b;12-10+;;;. The molecule has 1 heteroatoms. The summed E-state index contributed by atoms with van der Waals surface area (Å²) in [5, 5.41) is 0. The number of aryl methyl sites for hydroxylation is 1. The molecular weight excluding hydrogens is 398 g/mol. The number of fused-ring (bicyclic) bond motifs is 1. The summed E-state index contributed by atoms with van der Waals surface area (Å²) in [6, 6.07) is 6.85. The Morgan fingerprint density at radius 1 is 1.09 bits per heavy atom. The first kappa shape index (κ1) is 34.8. The van der Waals surface area contributed by atoms with Gasteiger partial charge in [-0.05, 0) is 73.4 Å². The number of hydrogen-bond donors (Lipinski definition) is 1. The largest absolute Gasteiger partial charge is 0.399 e. The van der Waals surface area contributed by atoms with Crippen molar-refractivity contribution in [3.63, 3.8) is 0 Å². The molecule has 0 spiro atoms. The van der Waals surface area contributed by atoms with Gasteiger partial charge in [0.1, 0.15) is 0 Å². The lowest BCUT2D eigenvalue weighted by Crippen LogP contribution is -2.01. The van der Waals surface area contributed by atoms with Gasteiger partial charge in [0.05, 0.1) is 0 Å². The van der Waals surface area contributed by atoms with E-state index in [2.05, 4.69) is 85.0 Å². The molecular formula is C32H51N. The second kappa shape index (κ2) is 19.9. The zero-order valence-corrected chi connectivity index (χ0v) is 23.0. The van der Waals surface area contributed by atoms with Crippen LogP contribution in [0.15, 0.2) is 104 Å². The summed E-state index contributed by atoms with van der Waals surface area (Å²) in [5.74, 6) is 0.571. The van der Waals surface area contributed by atoms with Gasteiger partial charge in [-0.15, -0.1) is 19.7 Å². The van der Waals surface area contributed by atoms with Gasteiger partial charge in [-0.2, -0.15) is 0 Å². The summed E-state index contributed by atoms with van der Waals surface area (Å²) >= 11 is 0. The Bertz CT molecular complexity index is 817. The molecule has 0 amide bonds. The average Bonchev–Trinajstić information content (AvgIpc) is 3.10. The predicted molar refractivity (Wildman–Crippen MR) is 156 cm³/mol. The maximum absolute atomic E-state index is 5.63. The van der Waals surface area contributed by atoms with Crippen LogP contribution in [0.2, 0.25) is 0 Å². The van der Waals surface area contributed by atoms with Gasteiger partial charge < -0.3 is 5.73 Å². The molecule has 1 aliphatic carbocycles. The quantitative estimate of drug-likeness (QED) is 0.351. The van der Waals surface area contributed by atoms with E-state index in [0.29, 0.717) is 11.6 Å². The van der Waals surface area contributed by atoms with Crippen molar-refractivity contribution in [1.29, 1.82) is 0 Å². The molecule has 2 rings (SSSR count). The topological polar surface area (TPSA) is 26.0 Å². The van der Waals surface area contributed by atoms with Crippen LogP contribution in [0, 0.1) is 0 Å². The predicted octanol–water partition coefficient (Wildman–Crippen LogP) is 9.80. The van der Waals surface area contributed by atoms with Crippen LogP contribution in [0.5, 0.6) is 0 Å². The Balaban J connectivity index is -0.000000429. The van der Waals surface area contributed by atoms with E-state index in [4.69, 9.17) is 5.73 Å². The Labute approximate surface area is 206 Å². The van der Waals surface area contributed by atoms with E-state index in [1.165, 1.54) is 22.3 Å². The van der Waals surface area contributed by atoms with E-state index >= 15 is 0 Å². The van der Waals surface area contributed by atoms with Gasteiger partial charge in [0.15, 0.2) is 0 Å². The molecule has 1 aromatic carbocycles. The molecule has 0 saturated carbocycles. The Morgan fingerprint density at radius 3 is 1.94 bits per heavy atom. The Morgan fingerprint density at radius 2 is 1.58 bits per heavy atom. The average molecular weight is 450 g/mol. The highest BCUT2D eigenvalue weighted by molar-refractivity contribution is 5.48. The van der Waals surface area contributed by atoms with Crippen LogP contribution < -0.4 is 5.73 Å². The SMILES string of the molecule is C=C.C=C(C)C(=C)/C(CC)=C(\C)C(=C)N.C=C1Cc2ccc(CC)cc2C1C.C=CC.CC. The van der Waals surface area contributed by atoms with Crippen LogP contribution in [0.25, 0.3) is 0 Å². The third kappa shape index (κ3) is 12.1. The van der Waals surface area contributed by atoms with Crippen LogP contribution in [0.4, 0.5) is 0 Å². The van der Waals surface area contributed by atoms with E-state index in [-0.39, 0.29) is 0 Å². The molecule has 184 valence electrons. The Kier molecular flexibility index (Phi) is 20.9. The molecule has 1 aliphatic rings. The van der Waals surface area contributed by atoms with Crippen molar-refractivity contribution >= 4 is 0 Å². The summed E-state index contributed by atoms with van der Waals surface area (Å²) in [5.41, 5.74) is 16.2. The summed E-state index contributed by atoms with van der Waals surface area (Å²) in [7, 11) is 0. The smallest absolute Gasteiger partial charge is 0.0273 e. The number of nitrogens with two attached hydrogens (primary N) is 1. The number of rotatable bonds is 5. The van der Waals surface area contributed by atoms with Gasteiger partial charge in [-0.1, -0.05) is 96.4 Å². The van der Waals surface area contributed by atoms with Gasteiger partial charge in [0.2, 0.25) is 0 Å². The zero-order chi connectivity index (χ0) is 26.7. The second-order valence-corrected chi connectivity index (χ2v) is 7.59. The van der Waals surface area contributed by atoms with Gasteiger partial charge in [-0.3, -0.25) is 0 Å². The van der Waals surface area contributed by atoms with E-state index < -0.39 is 0 Å². The van der Waals surface area contributed by atoms with Crippen LogP contribution in [0.3, 0.4) is 0 Å². The monoisotopic (exact) mass is 449 g/mol. The molecule has 0 bridgehead atoms. The fourth-order valence-electron chi connectivity index (χ4n) is 3.20. The molecule has 0 aromatic heterocycles. The van der Waals surface area contributed by atoms with Crippen molar-refractivity contribution in [2.75, 3.05) is 0 Å². The zero-order valence-electron chi connectivity index (χ0n) is 23.0. The molecule has 0 fully saturated rings. The van der Waals surface area contributed by atoms with Crippen molar-refractivity contribution in [3.05, 3.63) is 121 Å². The number of hydrogen-bond acceptors (Lipinski definition) is 1. The molecule has 1 atom stereocenters. The van der Waals surface area contributed by atoms with E-state index in [0.717, 1.165) is 41.6 Å². The summed E-state index contributed by atoms with van der Waals surface area (Å²) in [6.45, 7) is 41.4. The summed E-state index contributed by atoms with van der Waals surface area (Å²) < 4.78 is 0. The van der Waals surface area contributed by atoms with Gasteiger partial charge >= 0.3 is 0 Å². The molecule has 2 N–H and O–H groups in total. The first-order valence-electron chi connectivity index (χ1n) is 11.9. The van der Waals surface area contributed by atoms with Crippen LogP contribution in [-0.2, 0) is 12.8 Å². The van der Waals surface area contributed by atoms with Crippen LogP contribution in [-0.4, -0.2) is 0 Å². The van der Waals surface area contributed by atoms with Crippen LogP contribution >= 0.6 is 0 Å². The minimum Gasteiger partial charge on any atom is -0.399 e. The first-order chi connectivity index (χ1) is 15.5. The third-order valence-electron chi connectivity index (χ3n) is 5.28. The fourth-order valence-corrected chi connectivity index (χ4v) is 3.20. The minimum absolute atomic E-state index is 0.571. The Hall–Kier alpha value is -2.80. The third-order valence-corrected chi connectivity index (χ3v) is 5.28. The molecule has 0 aliphatic heterocycles. The molecule has 0 saturated heterocycles. The maximum atomic E-state index is 5.63.